The van der Waals surface area contributed by atoms with Crippen LogP contribution in [0.5, 0.6) is 0 Å². The first kappa shape index (κ1) is 18.1. The standard InChI is InChI=1S/C22H17ClN2O3/c23-16-8-5-7-15(12-16)21(26)28-20-13-14-6-1-3-10-18(14)25(22(24)27)19-11-4-2-9-17(19)20/h1-12,20H,13H2,(H2,24,27). The topological polar surface area (TPSA) is 72.6 Å². The third-order valence-electron chi connectivity index (χ3n) is 4.69. The Morgan fingerprint density at radius 2 is 1.68 bits per heavy atom. The summed E-state index contributed by atoms with van der Waals surface area (Å²) in [5.41, 5.74) is 8.92. The fraction of sp³-hybridized carbons (Fsp3) is 0.0909. The molecule has 1 unspecified atom stereocenters. The molecule has 0 aliphatic carbocycles. The van der Waals surface area contributed by atoms with E-state index < -0.39 is 18.1 Å². The van der Waals surface area contributed by atoms with Crippen molar-refractivity contribution in [3.8, 4) is 0 Å². The summed E-state index contributed by atoms with van der Waals surface area (Å²) in [6.07, 6.45) is -0.156. The first-order valence-electron chi connectivity index (χ1n) is 8.77. The summed E-state index contributed by atoms with van der Waals surface area (Å²) in [6, 6.07) is 20.8. The van der Waals surface area contributed by atoms with Crippen molar-refractivity contribution >= 4 is 35.0 Å². The van der Waals surface area contributed by atoms with Crippen molar-refractivity contribution in [3.63, 3.8) is 0 Å². The van der Waals surface area contributed by atoms with Gasteiger partial charge in [0.2, 0.25) is 0 Å². The Kier molecular flexibility index (Phi) is 4.75. The van der Waals surface area contributed by atoms with Crippen LogP contribution in [0.15, 0.2) is 72.8 Å². The molecule has 0 aromatic heterocycles. The van der Waals surface area contributed by atoms with Gasteiger partial charge in [-0.15, -0.1) is 0 Å². The Labute approximate surface area is 167 Å². The van der Waals surface area contributed by atoms with E-state index in [1.54, 1.807) is 30.3 Å². The van der Waals surface area contributed by atoms with E-state index in [-0.39, 0.29) is 0 Å². The Hall–Kier alpha value is -3.31. The molecule has 1 heterocycles. The lowest BCUT2D eigenvalue weighted by molar-refractivity contribution is 0.0300. The van der Waals surface area contributed by atoms with Gasteiger partial charge in [0.05, 0.1) is 16.9 Å². The predicted molar refractivity (Wildman–Crippen MR) is 108 cm³/mol. The molecule has 0 radical (unpaired) electrons. The smallest absolute Gasteiger partial charge is 0.338 e. The molecular formula is C22H17ClN2O3. The number of para-hydroxylation sites is 2. The van der Waals surface area contributed by atoms with Gasteiger partial charge in [-0.25, -0.2) is 9.59 Å². The number of benzene rings is 3. The summed E-state index contributed by atoms with van der Waals surface area (Å²) in [4.78, 5) is 26.4. The third-order valence-corrected chi connectivity index (χ3v) is 4.93. The monoisotopic (exact) mass is 392 g/mol. The molecule has 1 aliphatic heterocycles. The minimum atomic E-state index is -0.596. The molecule has 6 heteroatoms. The molecule has 3 aromatic rings. The minimum Gasteiger partial charge on any atom is -0.453 e. The number of rotatable bonds is 2. The number of carbonyl (C=O) groups is 2. The maximum Gasteiger partial charge on any atom is 0.338 e. The molecule has 5 nitrogen and oxygen atoms in total. The van der Waals surface area contributed by atoms with Crippen molar-refractivity contribution in [2.24, 2.45) is 5.73 Å². The maximum absolute atomic E-state index is 12.7. The highest BCUT2D eigenvalue weighted by Crippen LogP contribution is 2.41. The number of esters is 1. The zero-order valence-electron chi connectivity index (χ0n) is 14.8. The molecule has 3 aromatic carbocycles. The zero-order valence-corrected chi connectivity index (χ0v) is 15.6. The average Bonchev–Trinajstić information content (AvgIpc) is 2.82. The summed E-state index contributed by atoms with van der Waals surface area (Å²) in [5, 5.41) is 0.459. The zero-order chi connectivity index (χ0) is 19.7. The number of nitrogens with two attached hydrogens (primary N) is 1. The minimum absolute atomic E-state index is 0.370. The van der Waals surface area contributed by atoms with Crippen LogP contribution in [0.2, 0.25) is 5.02 Å². The lowest BCUT2D eigenvalue weighted by Crippen LogP contribution is -2.32. The van der Waals surface area contributed by atoms with Crippen LogP contribution in [0.1, 0.15) is 27.6 Å². The fourth-order valence-corrected chi connectivity index (χ4v) is 3.65. The number of carbonyl (C=O) groups excluding carboxylic acids is 2. The van der Waals surface area contributed by atoms with Gasteiger partial charge in [0.15, 0.2) is 0 Å². The lowest BCUT2D eigenvalue weighted by atomic mass is 10.0. The molecule has 0 saturated carbocycles. The molecule has 0 saturated heterocycles. The van der Waals surface area contributed by atoms with Crippen molar-refractivity contribution in [1.82, 2.24) is 0 Å². The average molecular weight is 393 g/mol. The number of hydrogen-bond donors (Lipinski definition) is 1. The van der Waals surface area contributed by atoms with Gasteiger partial charge in [-0.05, 0) is 35.9 Å². The van der Waals surface area contributed by atoms with E-state index in [9.17, 15) is 9.59 Å². The van der Waals surface area contributed by atoms with E-state index in [0.29, 0.717) is 33.9 Å². The molecule has 2 amide bonds. The highest BCUT2D eigenvalue weighted by Gasteiger charge is 2.31. The number of ether oxygens (including phenoxy) is 1. The number of halogens is 1. The van der Waals surface area contributed by atoms with Gasteiger partial charge in [0, 0.05) is 17.0 Å². The van der Waals surface area contributed by atoms with Gasteiger partial charge in [0.1, 0.15) is 6.10 Å². The van der Waals surface area contributed by atoms with E-state index in [2.05, 4.69) is 0 Å². The largest absolute Gasteiger partial charge is 0.453 e. The van der Waals surface area contributed by atoms with Crippen molar-refractivity contribution in [3.05, 3.63) is 94.5 Å². The summed E-state index contributed by atoms with van der Waals surface area (Å²) >= 11 is 5.99. The summed E-state index contributed by atoms with van der Waals surface area (Å²) < 4.78 is 5.85. The van der Waals surface area contributed by atoms with E-state index in [1.807, 2.05) is 42.5 Å². The molecular weight excluding hydrogens is 376 g/mol. The fourth-order valence-electron chi connectivity index (χ4n) is 3.46. The molecule has 0 spiro atoms. The normalized spacial score (nSPS) is 15.2. The summed E-state index contributed by atoms with van der Waals surface area (Å²) in [5.74, 6) is -0.479. The van der Waals surface area contributed by atoms with Crippen LogP contribution < -0.4 is 10.6 Å². The van der Waals surface area contributed by atoms with Crippen LogP contribution in [0.3, 0.4) is 0 Å². The molecule has 28 heavy (non-hydrogen) atoms. The number of amides is 2. The Morgan fingerprint density at radius 1 is 0.964 bits per heavy atom. The van der Waals surface area contributed by atoms with Crippen molar-refractivity contribution in [2.75, 3.05) is 4.90 Å². The molecule has 4 rings (SSSR count). The maximum atomic E-state index is 12.7. The van der Waals surface area contributed by atoms with Crippen LogP contribution >= 0.6 is 11.6 Å². The number of urea groups is 1. The van der Waals surface area contributed by atoms with Crippen molar-refractivity contribution < 1.29 is 14.3 Å². The first-order chi connectivity index (χ1) is 13.5. The second-order valence-electron chi connectivity index (χ2n) is 6.47. The Bertz CT molecular complexity index is 1070. The number of anilines is 2. The molecule has 0 bridgehead atoms. The van der Waals surface area contributed by atoms with Crippen LogP contribution in [0, 0.1) is 0 Å². The number of primary amides is 1. The van der Waals surface area contributed by atoms with Crippen LogP contribution in [0.4, 0.5) is 16.2 Å². The van der Waals surface area contributed by atoms with E-state index in [0.717, 1.165) is 5.56 Å². The van der Waals surface area contributed by atoms with E-state index >= 15 is 0 Å². The quantitative estimate of drug-likeness (QED) is 0.623. The van der Waals surface area contributed by atoms with Gasteiger partial charge in [-0.2, -0.15) is 0 Å². The highest BCUT2D eigenvalue weighted by atomic mass is 35.5. The van der Waals surface area contributed by atoms with Crippen molar-refractivity contribution in [1.29, 1.82) is 0 Å². The highest BCUT2D eigenvalue weighted by molar-refractivity contribution is 6.30. The Morgan fingerprint density at radius 3 is 2.43 bits per heavy atom. The lowest BCUT2D eigenvalue weighted by Gasteiger charge is -2.23. The SMILES string of the molecule is NC(=O)N1c2ccccc2CC(OC(=O)c2cccc(Cl)c2)c2ccccc21. The van der Waals surface area contributed by atoms with Crippen LogP contribution in [-0.4, -0.2) is 12.0 Å². The van der Waals surface area contributed by atoms with Crippen LogP contribution in [0.25, 0.3) is 0 Å². The van der Waals surface area contributed by atoms with Gasteiger partial charge in [-0.1, -0.05) is 54.1 Å². The van der Waals surface area contributed by atoms with Gasteiger partial charge in [-0.3, -0.25) is 4.90 Å². The second-order valence-corrected chi connectivity index (χ2v) is 6.91. The molecule has 2 N–H and O–H groups in total. The predicted octanol–water partition coefficient (Wildman–Crippen LogP) is 5.01. The van der Waals surface area contributed by atoms with E-state index in [4.69, 9.17) is 22.1 Å². The summed E-state index contributed by atoms with van der Waals surface area (Å²) in [7, 11) is 0. The first-order valence-corrected chi connectivity index (χ1v) is 9.15. The van der Waals surface area contributed by atoms with E-state index in [1.165, 1.54) is 4.90 Å². The Balaban J connectivity index is 1.78. The number of fused-ring (bicyclic) bond motifs is 2. The number of nitrogens with zero attached hydrogens (tertiary/aromatic N) is 1. The van der Waals surface area contributed by atoms with Gasteiger partial charge < -0.3 is 10.5 Å². The molecule has 1 atom stereocenters. The van der Waals surface area contributed by atoms with Crippen molar-refractivity contribution in [2.45, 2.75) is 12.5 Å². The van der Waals surface area contributed by atoms with Gasteiger partial charge in [0.25, 0.3) is 0 Å². The number of hydrogen-bond acceptors (Lipinski definition) is 3. The van der Waals surface area contributed by atoms with Gasteiger partial charge >= 0.3 is 12.0 Å². The summed E-state index contributed by atoms with van der Waals surface area (Å²) in [6.45, 7) is 0. The van der Waals surface area contributed by atoms with Crippen LogP contribution in [-0.2, 0) is 11.2 Å². The third kappa shape index (κ3) is 3.32. The second kappa shape index (κ2) is 7.37. The molecule has 140 valence electrons. The molecule has 0 fully saturated rings. The molecule has 1 aliphatic rings.